The molecule has 0 spiro atoms. The van der Waals surface area contributed by atoms with Crippen LogP contribution in [0.4, 0.5) is 5.69 Å². The maximum absolute atomic E-state index is 14.0. The van der Waals surface area contributed by atoms with E-state index in [1.165, 1.54) is 30.2 Å². The molecule has 0 bridgehead atoms. The molecule has 0 heterocycles. The van der Waals surface area contributed by atoms with Crippen molar-refractivity contribution in [3.63, 3.8) is 0 Å². The Morgan fingerprint density at radius 1 is 0.950 bits per heavy atom. The number of carbonyl (C=O) groups excluding carboxylic acids is 2. The van der Waals surface area contributed by atoms with E-state index in [2.05, 4.69) is 5.32 Å². The van der Waals surface area contributed by atoms with Crippen LogP contribution in [0.25, 0.3) is 0 Å². The van der Waals surface area contributed by atoms with Gasteiger partial charge in [0.15, 0.2) is 0 Å². The van der Waals surface area contributed by atoms with Crippen LogP contribution in [0.5, 0.6) is 5.75 Å². The quantitative estimate of drug-likeness (QED) is 0.295. The van der Waals surface area contributed by atoms with Crippen molar-refractivity contribution in [3.8, 4) is 5.75 Å². The number of hydrogen-bond donors (Lipinski definition) is 1. The molecule has 0 aliphatic heterocycles. The molecule has 3 rings (SSSR count). The van der Waals surface area contributed by atoms with Crippen LogP contribution in [-0.4, -0.2) is 50.9 Å². The molecule has 0 saturated heterocycles. The lowest BCUT2D eigenvalue weighted by atomic mass is 10.1. The number of nitrogens with zero attached hydrogens (tertiary/aromatic N) is 2. The van der Waals surface area contributed by atoms with Crippen molar-refractivity contribution >= 4 is 39.1 Å². The molecule has 2 atom stereocenters. The molecule has 0 saturated carbocycles. The van der Waals surface area contributed by atoms with Gasteiger partial charge in [-0.3, -0.25) is 13.9 Å². The minimum absolute atomic E-state index is 0.0164. The first-order valence-corrected chi connectivity index (χ1v) is 15.0. The maximum Gasteiger partial charge on any atom is 0.264 e. The monoisotopic (exact) mass is 585 g/mol. The molecule has 3 aromatic carbocycles. The molecular weight excluding hydrogens is 550 g/mol. The van der Waals surface area contributed by atoms with Crippen molar-refractivity contribution in [2.75, 3.05) is 18.0 Å². The molecule has 8 nitrogen and oxygen atoms in total. The summed E-state index contributed by atoms with van der Waals surface area (Å²) in [7, 11) is -2.71. The fourth-order valence-corrected chi connectivity index (χ4v) is 5.77. The van der Waals surface area contributed by atoms with E-state index in [-0.39, 0.29) is 29.1 Å². The summed E-state index contributed by atoms with van der Waals surface area (Å²) in [5.74, 6) is -0.308. The van der Waals surface area contributed by atoms with Crippen LogP contribution in [0.3, 0.4) is 0 Å². The van der Waals surface area contributed by atoms with Crippen molar-refractivity contribution in [3.05, 3.63) is 89.4 Å². The first-order chi connectivity index (χ1) is 19.1. The highest BCUT2D eigenvalue weighted by molar-refractivity contribution is 7.92. The van der Waals surface area contributed by atoms with Gasteiger partial charge in [0.1, 0.15) is 18.3 Å². The van der Waals surface area contributed by atoms with Crippen molar-refractivity contribution in [2.45, 2.75) is 57.1 Å². The second-order valence-electron chi connectivity index (χ2n) is 9.42. The molecule has 0 aliphatic rings. The molecular formula is C30H36ClN3O5S. The smallest absolute Gasteiger partial charge is 0.264 e. The molecule has 0 aromatic heterocycles. The van der Waals surface area contributed by atoms with E-state index in [0.717, 1.165) is 16.3 Å². The molecule has 0 radical (unpaired) electrons. The lowest BCUT2D eigenvalue weighted by Crippen LogP contribution is -2.53. The third kappa shape index (κ3) is 7.76. The van der Waals surface area contributed by atoms with Gasteiger partial charge in [0.05, 0.1) is 17.7 Å². The minimum atomic E-state index is -4.20. The molecule has 3 aromatic rings. The van der Waals surface area contributed by atoms with E-state index in [4.69, 9.17) is 16.3 Å². The van der Waals surface area contributed by atoms with Crippen LogP contribution in [0.1, 0.15) is 39.2 Å². The number of methoxy groups -OCH3 is 1. The SMILES string of the molecule is CC[C@@H](C)NC(=O)[C@@H](CC)N(Cc1ccccc1)C(=O)CN(c1cccc(Cl)c1)S(=O)(=O)c1ccc(OC)cc1. The molecule has 214 valence electrons. The number of ether oxygens (including phenoxy) is 1. The Morgan fingerprint density at radius 2 is 1.62 bits per heavy atom. The van der Waals surface area contributed by atoms with Crippen molar-refractivity contribution < 1.29 is 22.7 Å². The summed E-state index contributed by atoms with van der Waals surface area (Å²) in [4.78, 5) is 28.8. The summed E-state index contributed by atoms with van der Waals surface area (Å²) >= 11 is 6.22. The molecule has 0 fully saturated rings. The third-order valence-electron chi connectivity index (χ3n) is 6.61. The first kappa shape index (κ1) is 31.0. The van der Waals surface area contributed by atoms with Gasteiger partial charge in [0.2, 0.25) is 11.8 Å². The van der Waals surface area contributed by atoms with Crippen LogP contribution in [0.2, 0.25) is 5.02 Å². The zero-order valence-corrected chi connectivity index (χ0v) is 24.8. The van der Waals surface area contributed by atoms with E-state index in [9.17, 15) is 18.0 Å². The first-order valence-electron chi connectivity index (χ1n) is 13.2. The summed E-state index contributed by atoms with van der Waals surface area (Å²) in [5.41, 5.74) is 1.05. The fourth-order valence-electron chi connectivity index (χ4n) is 4.18. The lowest BCUT2D eigenvalue weighted by Gasteiger charge is -2.33. The maximum atomic E-state index is 14.0. The van der Waals surface area contributed by atoms with E-state index in [0.29, 0.717) is 17.2 Å². The molecule has 1 N–H and O–H groups in total. The van der Waals surface area contributed by atoms with Crippen molar-refractivity contribution in [1.29, 1.82) is 0 Å². The Balaban J connectivity index is 2.05. The van der Waals surface area contributed by atoms with Gasteiger partial charge < -0.3 is 15.0 Å². The number of rotatable bonds is 13. The summed E-state index contributed by atoms with van der Waals surface area (Å²) < 4.78 is 34.0. The fraction of sp³-hybridized carbons (Fsp3) is 0.333. The van der Waals surface area contributed by atoms with E-state index in [1.807, 2.05) is 51.1 Å². The zero-order chi connectivity index (χ0) is 29.3. The summed E-state index contributed by atoms with van der Waals surface area (Å²) in [6, 6.07) is 20.7. The molecule has 40 heavy (non-hydrogen) atoms. The Kier molecular flexibility index (Phi) is 11.0. The average molecular weight is 586 g/mol. The van der Waals surface area contributed by atoms with Gasteiger partial charge in [0, 0.05) is 17.6 Å². The highest BCUT2D eigenvalue weighted by Gasteiger charge is 2.34. The van der Waals surface area contributed by atoms with Gasteiger partial charge in [-0.15, -0.1) is 0 Å². The number of hydrogen-bond acceptors (Lipinski definition) is 5. The number of carbonyl (C=O) groups is 2. The number of halogens is 1. The lowest BCUT2D eigenvalue weighted by molar-refractivity contribution is -0.140. The van der Waals surface area contributed by atoms with Crippen LogP contribution in [-0.2, 0) is 26.2 Å². The molecule has 0 unspecified atom stereocenters. The third-order valence-corrected chi connectivity index (χ3v) is 8.63. The second-order valence-corrected chi connectivity index (χ2v) is 11.7. The minimum Gasteiger partial charge on any atom is -0.497 e. The van der Waals surface area contributed by atoms with Gasteiger partial charge in [0.25, 0.3) is 10.0 Å². The van der Waals surface area contributed by atoms with Crippen LogP contribution in [0.15, 0.2) is 83.8 Å². The predicted molar refractivity (Wildman–Crippen MR) is 158 cm³/mol. The van der Waals surface area contributed by atoms with E-state index in [1.54, 1.807) is 30.3 Å². The number of anilines is 1. The van der Waals surface area contributed by atoms with Gasteiger partial charge in [-0.05, 0) is 67.8 Å². The van der Waals surface area contributed by atoms with Crippen molar-refractivity contribution in [1.82, 2.24) is 10.2 Å². The Bertz CT molecular complexity index is 1380. The molecule has 2 amide bonds. The number of benzene rings is 3. The standard InChI is InChI=1S/C30H36ClN3O5S/c1-5-22(3)32-30(36)28(6-2)33(20-23-11-8-7-9-12-23)29(35)21-34(25-14-10-13-24(31)19-25)40(37,38)27-17-15-26(39-4)16-18-27/h7-19,22,28H,5-6,20-21H2,1-4H3,(H,32,36)/t22-,28-/m1/s1. The zero-order valence-electron chi connectivity index (χ0n) is 23.2. The summed E-state index contributed by atoms with van der Waals surface area (Å²) in [5, 5.41) is 3.29. The summed E-state index contributed by atoms with van der Waals surface area (Å²) in [6.07, 6.45) is 1.08. The molecule has 0 aliphatic carbocycles. The van der Waals surface area contributed by atoms with E-state index >= 15 is 0 Å². The van der Waals surface area contributed by atoms with Gasteiger partial charge >= 0.3 is 0 Å². The Labute approximate surface area is 241 Å². The highest BCUT2D eigenvalue weighted by atomic mass is 35.5. The van der Waals surface area contributed by atoms with Crippen molar-refractivity contribution in [2.24, 2.45) is 0 Å². The van der Waals surface area contributed by atoms with Crippen LogP contribution >= 0.6 is 11.6 Å². The van der Waals surface area contributed by atoms with Crippen LogP contribution in [0, 0.1) is 0 Å². The Hall–Kier alpha value is -3.56. The second kappa shape index (κ2) is 14.2. The molecule has 10 heteroatoms. The van der Waals surface area contributed by atoms with Crippen LogP contribution < -0.4 is 14.4 Å². The average Bonchev–Trinajstić information content (AvgIpc) is 2.96. The number of nitrogens with one attached hydrogen (secondary N) is 1. The largest absolute Gasteiger partial charge is 0.497 e. The van der Waals surface area contributed by atoms with Gasteiger partial charge in [-0.1, -0.05) is 61.8 Å². The summed E-state index contributed by atoms with van der Waals surface area (Å²) in [6.45, 7) is 5.30. The van der Waals surface area contributed by atoms with Gasteiger partial charge in [-0.2, -0.15) is 0 Å². The Morgan fingerprint density at radius 3 is 2.20 bits per heavy atom. The highest BCUT2D eigenvalue weighted by Crippen LogP contribution is 2.28. The number of sulfonamides is 1. The normalized spacial score (nSPS) is 12.7. The topological polar surface area (TPSA) is 96.0 Å². The van der Waals surface area contributed by atoms with Gasteiger partial charge in [-0.25, -0.2) is 8.42 Å². The number of amides is 2. The predicted octanol–water partition coefficient (Wildman–Crippen LogP) is 5.27. The van der Waals surface area contributed by atoms with E-state index < -0.39 is 28.5 Å².